The normalized spacial score (nSPS) is 12.5. The highest BCUT2D eigenvalue weighted by atomic mass is 32.2. The minimum atomic E-state index is -0.884. The Morgan fingerprint density at radius 2 is 2.46 bits per heavy atom. The SMILES string of the molecule is CC(=O)Nc1nc(CS(C)=O)cs1. The van der Waals surface area contributed by atoms with E-state index in [2.05, 4.69) is 10.3 Å². The van der Waals surface area contributed by atoms with E-state index < -0.39 is 10.8 Å². The molecule has 1 unspecified atom stereocenters. The molecule has 1 N–H and O–H groups in total. The summed E-state index contributed by atoms with van der Waals surface area (Å²) in [7, 11) is -0.884. The molecule has 4 nitrogen and oxygen atoms in total. The monoisotopic (exact) mass is 218 g/mol. The third kappa shape index (κ3) is 3.65. The summed E-state index contributed by atoms with van der Waals surface area (Å²) in [5, 5.41) is 4.93. The number of hydrogen-bond acceptors (Lipinski definition) is 4. The molecule has 0 spiro atoms. The molecular weight excluding hydrogens is 208 g/mol. The first-order valence-corrected chi connectivity index (χ1v) is 6.20. The van der Waals surface area contributed by atoms with Crippen molar-refractivity contribution in [1.82, 2.24) is 4.98 Å². The lowest BCUT2D eigenvalue weighted by molar-refractivity contribution is -0.114. The Hall–Kier alpha value is -0.750. The first-order chi connectivity index (χ1) is 6.08. The van der Waals surface area contributed by atoms with Crippen LogP contribution in [0.2, 0.25) is 0 Å². The van der Waals surface area contributed by atoms with E-state index in [9.17, 15) is 9.00 Å². The molecular formula is C7H10N2O2S2. The van der Waals surface area contributed by atoms with Crippen LogP contribution in [0.3, 0.4) is 0 Å². The van der Waals surface area contributed by atoms with Crippen molar-refractivity contribution in [3.63, 3.8) is 0 Å². The van der Waals surface area contributed by atoms with Gasteiger partial charge in [0.05, 0.1) is 11.4 Å². The predicted molar refractivity (Wildman–Crippen MR) is 54.2 cm³/mol. The fourth-order valence-electron chi connectivity index (χ4n) is 0.790. The van der Waals surface area contributed by atoms with Crippen LogP contribution in [0.4, 0.5) is 5.13 Å². The van der Waals surface area contributed by atoms with Gasteiger partial charge in [-0.1, -0.05) is 0 Å². The van der Waals surface area contributed by atoms with E-state index in [1.54, 1.807) is 11.6 Å². The molecule has 0 aliphatic heterocycles. The zero-order valence-electron chi connectivity index (χ0n) is 7.36. The number of hydrogen-bond donors (Lipinski definition) is 1. The number of rotatable bonds is 3. The third-order valence-corrected chi connectivity index (χ3v) is 2.69. The second kappa shape index (κ2) is 4.48. The van der Waals surface area contributed by atoms with E-state index in [4.69, 9.17) is 0 Å². The Labute approximate surface area is 82.8 Å². The zero-order chi connectivity index (χ0) is 9.84. The molecule has 1 atom stereocenters. The maximum absolute atomic E-state index is 10.8. The molecule has 0 saturated heterocycles. The van der Waals surface area contributed by atoms with Gasteiger partial charge in [0.15, 0.2) is 5.13 Å². The van der Waals surface area contributed by atoms with Crippen molar-refractivity contribution in [3.05, 3.63) is 11.1 Å². The van der Waals surface area contributed by atoms with Gasteiger partial charge in [-0.2, -0.15) is 0 Å². The Kier molecular flexibility index (Phi) is 3.56. The Bertz CT molecular complexity index is 304. The van der Waals surface area contributed by atoms with E-state index in [1.165, 1.54) is 18.3 Å². The van der Waals surface area contributed by atoms with Gasteiger partial charge in [0.25, 0.3) is 0 Å². The first kappa shape index (κ1) is 10.3. The second-order valence-corrected chi connectivity index (χ2v) is 4.84. The summed E-state index contributed by atoms with van der Waals surface area (Å²) in [6, 6.07) is 0. The molecule has 0 bridgehead atoms. The summed E-state index contributed by atoms with van der Waals surface area (Å²) in [5.41, 5.74) is 0.759. The number of nitrogens with zero attached hydrogens (tertiary/aromatic N) is 1. The maximum Gasteiger partial charge on any atom is 0.223 e. The minimum absolute atomic E-state index is 0.140. The summed E-state index contributed by atoms with van der Waals surface area (Å²) >= 11 is 1.34. The van der Waals surface area contributed by atoms with E-state index in [0.29, 0.717) is 10.9 Å². The quantitative estimate of drug-likeness (QED) is 0.822. The van der Waals surface area contributed by atoms with Crippen molar-refractivity contribution in [2.24, 2.45) is 0 Å². The summed E-state index contributed by atoms with van der Waals surface area (Å²) < 4.78 is 10.8. The zero-order valence-corrected chi connectivity index (χ0v) is 9.00. The van der Waals surface area contributed by atoms with Crippen LogP contribution in [0, 0.1) is 0 Å². The smallest absolute Gasteiger partial charge is 0.223 e. The topological polar surface area (TPSA) is 59.1 Å². The largest absolute Gasteiger partial charge is 0.302 e. The highest BCUT2D eigenvalue weighted by Gasteiger charge is 2.04. The number of anilines is 1. The minimum Gasteiger partial charge on any atom is -0.302 e. The van der Waals surface area contributed by atoms with Crippen LogP contribution >= 0.6 is 11.3 Å². The fraction of sp³-hybridized carbons (Fsp3) is 0.429. The molecule has 0 aliphatic rings. The van der Waals surface area contributed by atoms with E-state index in [0.717, 1.165) is 5.69 Å². The Morgan fingerprint density at radius 1 is 1.77 bits per heavy atom. The number of carbonyl (C=O) groups is 1. The summed E-state index contributed by atoms with van der Waals surface area (Å²) in [6.07, 6.45) is 1.62. The van der Waals surface area contributed by atoms with Gasteiger partial charge in [-0.15, -0.1) is 11.3 Å². The first-order valence-electron chi connectivity index (χ1n) is 3.60. The van der Waals surface area contributed by atoms with E-state index in [1.807, 2.05) is 0 Å². The second-order valence-electron chi connectivity index (χ2n) is 2.54. The van der Waals surface area contributed by atoms with Gasteiger partial charge in [0.1, 0.15) is 0 Å². The molecule has 1 rings (SSSR count). The molecule has 1 aromatic rings. The van der Waals surface area contributed by atoms with Crippen LogP contribution in [0.5, 0.6) is 0 Å². The summed E-state index contributed by atoms with van der Waals surface area (Å²) in [6.45, 7) is 1.43. The highest BCUT2D eigenvalue weighted by Crippen LogP contribution is 2.15. The number of nitrogens with one attached hydrogen (secondary N) is 1. The summed E-state index contributed by atoms with van der Waals surface area (Å²) in [5.74, 6) is 0.300. The average Bonchev–Trinajstić information content (AvgIpc) is 2.33. The van der Waals surface area contributed by atoms with Crippen molar-refractivity contribution in [1.29, 1.82) is 0 Å². The van der Waals surface area contributed by atoms with Crippen molar-refractivity contribution in [2.75, 3.05) is 11.6 Å². The summed E-state index contributed by atoms with van der Waals surface area (Å²) in [4.78, 5) is 14.7. The van der Waals surface area contributed by atoms with Crippen LogP contribution in [-0.4, -0.2) is 21.4 Å². The molecule has 0 aliphatic carbocycles. The fourth-order valence-corrected chi connectivity index (χ4v) is 2.22. The lowest BCUT2D eigenvalue weighted by Crippen LogP contribution is -2.05. The molecule has 0 fully saturated rings. The van der Waals surface area contributed by atoms with Crippen molar-refractivity contribution in [2.45, 2.75) is 12.7 Å². The Balaban J connectivity index is 2.63. The van der Waals surface area contributed by atoms with Crippen LogP contribution < -0.4 is 5.32 Å². The van der Waals surface area contributed by atoms with Crippen LogP contribution in [-0.2, 0) is 21.3 Å². The third-order valence-electron chi connectivity index (χ3n) is 1.19. The molecule has 1 heterocycles. The molecule has 72 valence electrons. The van der Waals surface area contributed by atoms with Gasteiger partial charge in [0, 0.05) is 29.4 Å². The van der Waals surface area contributed by atoms with Crippen LogP contribution in [0.1, 0.15) is 12.6 Å². The molecule has 0 aromatic carbocycles. The standard InChI is InChI=1S/C7H10N2O2S2/c1-5(10)8-7-9-6(3-12-7)4-13(2)11/h3H,4H2,1-2H3,(H,8,9,10). The van der Waals surface area contributed by atoms with E-state index >= 15 is 0 Å². The van der Waals surface area contributed by atoms with Gasteiger partial charge in [-0.25, -0.2) is 4.98 Å². The molecule has 0 radical (unpaired) electrons. The predicted octanol–water partition coefficient (Wildman–Crippen LogP) is 0.980. The lowest BCUT2D eigenvalue weighted by atomic mass is 10.6. The molecule has 1 aromatic heterocycles. The van der Waals surface area contributed by atoms with Gasteiger partial charge in [-0.05, 0) is 0 Å². The maximum atomic E-state index is 10.8. The van der Waals surface area contributed by atoms with Crippen LogP contribution in [0.25, 0.3) is 0 Å². The number of carbonyl (C=O) groups excluding carboxylic acids is 1. The van der Waals surface area contributed by atoms with E-state index in [-0.39, 0.29) is 5.91 Å². The number of aromatic nitrogens is 1. The Morgan fingerprint density at radius 3 is 3.00 bits per heavy atom. The van der Waals surface area contributed by atoms with Crippen molar-refractivity contribution in [3.8, 4) is 0 Å². The van der Waals surface area contributed by atoms with Crippen molar-refractivity contribution < 1.29 is 9.00 Å². The highest BCUT2D eigenvalue weighted by molar-refractivity contribution is 7.83. The molecule has 6 heteroatoms. The molecule has 1 amide bonds. The number of thiazole rings is 1. The van der Waals surface area contributed by atoms with Gasteiger partial charge < -0.3 is 5.32 Å². The van der Waals surface area contributed by atoms with Crippen LogP contribution in [0.15, 0.2) is 5.38 Å². The van der Waals surface area contributed by atoms with Gasteiger partial charge in [0.2, 0.25) is 5.91 Å². The number of amides is 1. The average molecular weight is 218 g/mol. The van der Waals surface area contributed by atoms with Gasteiger partial charge in [-0.3, -0.25) is 9.00 Å². The molecule has 0 saturated carbocycles. The lowest BCUT2D eigenvalue weighted by Gasteiger charge is -1.93. The van der Waals surface area contributed by atoms with Gasteiger partial charge >= 0.3 is 0 Å². The van der Waals surface area contributed by atoms with Crippen molar-refractivity contribution >= 4 is 33.2 Å². The molecule has 13 heavy (non-hydrogen) atoms.